The summed E-state index contributed by atoms with van der Waals surface area (Å²) in [7, 11) is 0. The second-order valence-electron chi connectivity index (χ2n) is 22.3. The SMILES string of the molecule is CCC[C@@H](C)[C@H]1CC[C@H]2[C@@H]3[C@H](O[C@@H]4O[C@H](CO)[C@@H](O[C@H]5O[C@H](CO)[C@@H](O)[C@H](O)[C@H]5O)[C@H](O)[C@H]4O)C[C@@H]4CCCC[C@]4(C)[C@H]3C[C@H](O[C@@H]3O[C@H](CO)[C@@H](O[C@H]4O[C@H](CO)[C@@H](O)[C@H](O)[C@H]4O)[C@H](O)[C@H]3O)[C@]12C. The van der Waals surface area contributed by atoms with Crippen molar-refractivity contribution in [3.8, 4) is 0 Å². The van der Waals surface area contributed by atoms with Gasteiger partial charge in [-0.1, -0.05) is 53.4 Å². The monoisotopic (exact) mass is 1010 g/mol. The summed E-state index contributed by atoms with van der Waals surface area (Å²) in [6, 6.07) is 0. The lowest BCUT2D eigenvalue weighted by Crippen LogP contribution is -2.67. The second kappa shape index (κ2) is 22.4. The lowest BCUT2D eigenvalue weighted by molar-refractivity contribution is -0.375. The third-order valence-electron chi connectivity index (χ3n) is 18.7. The Bertz CT molecular complexity index is 1680. The first-order chi connectivity index (χ1) is 33.3. The highest BCUT2D eigenvalue weighted by molar-refractivity contribution is 5.15. The summed E-state index contributed by atoms with van der Waals surface area (Å²) in [4.78, 5) is 0. The van der Waals surface area contributed by atoms with Crippen LogP contribution in [0.2, 0.25) is 0 Å². The van der Waals surface area contributed by atoms with Gasteiger partial charge >= 0.3 is 0 Å². The summed E-state index contributed by atoms with van der Waals surface area (Å²) in [5, 5.41) is 150. The minimum Gasteiger partial charge on any atom is -0.394 e. The van der Waals surface area contributed by atoms with Gasteiger partial charge in [0, 0.05) is 5.41 Å². The van der Waals surface area contributed by atoms with E-state index in [-0.39, 0.29) is 40.9 Å². The van der Waals surface area contributed by atoms with Gasteiger partial charge in [-0.2, -0.15) is 0 Å². The van der Waals surface area contributed by atoms with Crippen molar-refractivity contribution < 1.29 is 109 Å². The number of ether oxygens (including phenoxy) is 8. The zero-order chi connectivity index (χ0) is 50.7. The fraction of sp³-hybridized carbons (Fsp3) is 1.00. The molecule has 0 unspecified atom stereocenters. The zero-order valence-electron chi connectivity index (χ0n) is 40.6. The van der Waals surface area contributed by atoms with E-state index in [4.69, 9.17) is 37.9 Å². The molecule has 0 aromatic heterocycles. The summed E-state index contributed by atoms with van der Waals surface area (Å²) in [6.45, 7) is 6.06. The van der Waals surface area contributed by atoms with E-state index >= 15 is 0 Å². The topological polar surface area (TPSA) is 357 Å². The molecule has 0 bridgehead atoms. The van der Waals surface area contributed by atoms with Gasteiger partial charge in [0.15, 0.2) is 25.2 Å². The molecule has 22 heteroatoms. The molecular formula is C48H82O22. The largest absolute Gasteiger partial charge is 0.394 e. The second-order valence-corrected chi connectivity index (χ2v) is 22.3. The van der Waals surface area contributed by atoms with Crippen molar-refractivity contribution in [1.82, 2.24) is 0 Å². The number of aliphatic hydroxyl groups is 14. The number of rotatable bonds is 15. The van der Waals surface area contributed by atoms with E-state index < -0.39 is 167 Å². The average molecular weight is 1010 g/mol. The third kappa shape index (κ3) is 9.79. The average Bonchev–Trinajstić information content (AvgIpc) is 3.71. The quantitative estimate of drug-likeness (QED) is 0.0715. The van der Waals surface area contributed by atoms with Crippen molar-refractivity contribution in [2.45, 2.75) is 227 Å². The molecule has 0 amide bonds. The Morgan fingerprint density at radius 3 is 1.49 bits per heavy atom. The van der Waals surface area contributed by atoms with Gasteiger partial charge in [0.2, 0.25) is 0 Å². The molecule has 70 heavy (non-hydrogen) atoms. The Hall–Kier alpha value is -0.880. The Kier molecular flexibility index (Phi) is 17.7. The molecule has 4 aliphatic carbocycles. The molecule has 14 N–H and O–H groups in total. The molecule has 8 aliphatic rings. The third-order valence-corrected chi connectivity index (χ3v) is 18.7. The van der Waals surface area contributed by atoms with Crippen LogP contribution in [-0.4, -0.2) is 233 Å². The Balaban J connectivity index is 1.06. The smallest absolute Gasteiger partial charge is 0.187 e. The predicted molar refractivity (Wildman–Crippen MR) is 237 cm³/mol. The Labute approximate surface area is 408 Å². The first kappa shape index (κ1) is 55.4. The maximum absolute atomic E-state index is 11.8. The molecular weight excluding hydrogens is 929 g/mol. The maximum atomic E-state index is 11.8. The van der Waals surface area contributed by atoms with Crippen LogP contribution >= 0.6 is 0 Å². The van der Waals surface area contributed by atoms with Gasteiger partial charge in [0.25, 0.3) is 0 Å². The van der Waals surface area contributed by atoms with Gasteiger partial charge in [-0.25, -0.2) is 0 Å². The van der Waals surface area contributed by atoms with E-state index in [1.807, 2.05) is 0 Å². The summed E-state index contributed by atoms with van der Waals surface area (Å²) in [6.07, 6.45) is -24.4. The van der Waals surface area contributed by atoms with Crippen LogP contribution < -0.4 is 0 Å². The van der Waals surface area contributed by atoms with E-state index in [1.165, 1.54) is 0 Å². The molecule has 406 valence electrons. The van der Waals surface area contributed by atoms with E-state index in [2.05, 4.69) is 27.7 Å². The fourth-order valence-electron chi connectivity index (χ4n) is 14.8. The molecule has 4 heterocycles. The maximum Gasteiger partial charge on any atom is 0.187 e. The summed E-state index contributed by atoms with van der Waals surface area (Å²) in [5.74, 6) is 0.345. The molecule has 0 radical (unpaired) electrons. The van der Waals surface area contributed by atoms with Crippen LogP contribution in [0.3, 0.4) is 0 Å². The van der Waals surface area contributed by atoms with Crippen LogP contribution in [-0.2, 0) is 37.9 Å². The minimum atomic E-state index is -1.81. The molecule has 8 rings (SSSR count). The van der Waals surface area contributed by atoms with Crippen molar-refractivity contribution in [2.75, 3.05) is 26.4 Å². The first-order valence-electron chi connectivity index (χ1n) is 25.8. The van der Waals surface area contributed by atoms with Crippen LogP contribution in [0.5, 0.6) is 0 Å². The van der Waals surface area contributed by atoms with E-state index in [0.29, 0.717) is 12.8 Å². The fourth-order valence-corrected chi connectivity index (χ4v) is 14.8. The van der Waals surface area contributed by atoms with E-state index in [0.717, 1.165) is 51.4 Å². The van der Waals surface area contributed by atoms with Crippen molar-refractivity contribution in [1.29, 1.82) is 0 Å². The predicted octanol–water partition coefficient (Wildman–Crippen LogP) is -3.29. The van der Waals surface area contributed by atoms with Crippen molar-refractivity contribution in [3.63, 3.8) is 0 Å². The minimum absolute atomic E-state index is 0.0389. The van der Waals surface area contributed by atoms with Crippen LogP contribution in [0.15, 0.2) is 0 Å². The van der Waals surface area contributed by atoms with Gasteiger partial charge in [-0.3, -0.25) is 0 Å². The molecule has 4 aliphatic heterocycles. The molecule has 22 nitrogen and oxygen atoms in total. The standard InChI is InChI=1S/C48H82O22/c1-5-8-19(2)21-10-11-22-30-23(14-29(48(21,22)4)68-44-40(62)36(58)42(28(18-52)67-44)70-46-38(60)34(56)32(54)26(16-50)65-46)47(3)12-7-6-9-20(47)13-24(30)63-43-39(61)35(57)41(27(17-51)66-43)69-45-37(59)33(55)31(53)25(15-49)64-45/h19-46,49-62H,5-18H2,1-4H3/t19-,20+,21-,22+,23+,24-,25-,26-,27-,28-,29+,30+,31-,32-,33+,34+,35-,36-,37-,38-,39-,40-,41-,42-,43-,44+,45-,46-,47+,48-/m1/s1. The normalized spacial score (nSPS) is 54.5. The molecule has 8 fully saturated rings. The number of fused-ring (bicyclic) bond motifs is 5. The van der Waals surface area contributed by atoms with Crippen molar-refractivity contribution >= 4 is 0 Å². The van der Waals surface area contributed by atoms with Crippen molar-refractivity contribution in [3.05, 3.63) is 0 Å². The molecule has 0 spiro atoms. The zero-order valence-corrected chi connectivity index (χ0v) is 40.6. The molecule has 0 aromatic carbocycles. The number of aliphatic hydroxyl groups excluding tert-OH is 14. The van der Waals surface area contributed by atoms with E-state index in [1.54, 1.807) is 0 Å². The molecule has 4 saturated carbocycles. The van der Waals surface area contributed by atoms with Crippen LogP contribution in [0.4, 0.5) is 0 Å². The Morgan fingerprint density at radius 2 is 0.986 bits per heavy atom. The highest BCUT2D eigenvalue weighted by Crippen LogP contribution is 2.69. The van der Waals surface area contributed by atoms with Crippen LogP contribution in [0.25, 0.3) is 0 Å². The summed E-state index contributed by atoms with van der Waals surface area (Å²) in [5.41, 5.74) is -0.767. The highest BCUT2D eigenvalue weighted by atomic mass is 16.8. The van der Waals surface area contributed by atoms with Gasteiger partial charge in [-0.05, 0) is 79.4 Å². The van der Waals surface area contributed by atoms with Crippen molar-refractivity contribution in [2.24, 2.45) is 46.3 Å². The number of hydrogen-bond acceptors (Lipinski definition) is 22. The first-order valence-corrected chi connectivity index (χ1v) is 25.8. The highest BCUT2D eigenvalue weighted by Gasteiger charge is 2.68. The Morgan fingerprint density at radius 1 is 0.514 bits per heavy atom. The summed E-state index contributed by atoms with van der Waals surface area (Å²) < 4.78 is 49.2. The van der Waals surface area contributed by atoms with Crippen LogP contribution in [0.1, 0.15) is 91.9 Å². The van der Waals surface area contributed by atoms with Crippen LogP contribution in [0, 0.1) is 46.3 Å². The van der Waals surface area contributed by atoms with Gasteiger partial charge in [0.05, 0.1) is 38.6 Å². The van der Waals surface area contributed by atoms with E-state index in [9.17, 15) is 71.5 Å². The van der Waals surface area contributed by atoms with Gasteiger partial charge in [0.1, 0.15) is 97.7 Å². The van der Waals surface area contributed by atoms with Gasteiger partial charge < -0.3 is 109 Å². The molecule has 4 saturated heterocycles. The number of hydrogen-bond donors (Lipinski definition) is 14. The lowest BCUT2D eigenvalue weighted by atomic mass is 9.43. The van der Waals surface area contributed by atoms with Gasteiger partial charge in [-0.15, -0.1) is 0 Å². The molecule has 0 aromatic rings. The summed E-state index contributed by atoms with van der Waals surface area (Å²) >= 11 is 0. The molecule has 30 atom stereocenters. The lowest BCUT2D eigenvalue weighted by Gasteiger charge is -2.65.